The van der Waals surface area contributed by atoms with E-state index in [1.807, 2.05) is 0 Å². The van der Waals surface area contributed by atoms with Crippen LogP contribution in [0.15, 0.2) is 24.3 Å². The number of nitrogens with one attached hydrogen (secondary N) is 1. The largest absolute Gasteiger partial charge is 0.351 e. The molecule has 0 radical (unpaired) electrons. The third-order valence-corrected chi connectivity index (χ3v) is 3.83. The molecule has 4 heteroatoms. The summed E-state index contributed by atoms with van der Waals surface area (Å²) in [5, 5.41) is 2.91. The molecule has 1 aromatic rings. The number of hydrogen-bond acceptors (Lipinski definition) is 2. The standard InChI is InChI=1S/C14H19FN2O/c15-12-5-3-11(4-6-12)13(18)17-10-14(9-16)7-1-2-8-14/h3-6H,1-2,7-10,16H2,(H,17,18). The van der Waals surface area contributed by atoms with Crippen molar-refractivity contribution in [3.63, 3.8) is 0 Å². The Morgan fingerprint density at radius 3 is 2.44 bits per heavy atom. The highest BCUT2D eigenvalue weighted by Crippen LogP contribution is 2.36. The maximum atomic E-state index is 12.7. The predicted molar refractivity (Wildman–Crippen MR) is 68.7 cm³/mol. The topological polar surface area (TPSA) is 55.1 Å². The number of carbonyl (C=O) groups excluding carboxylic acids is 1. The maximum Gasteiger partial charge on any atom is 0.251 e. The summed E-state index contributed by atoms with van der Waals surface area (Å²) in [7, 11) is 0. The first kappa shape index (κ1) is 13.0. The monoisotopic (exact) mass is 250 g/mol. The molecule has 1 aliphatic carbocycles. The summed E-state index contributed by atoms with van der Waals surface area (Å²) in [5.74, 6) is -0.490. The van der Waals surface area contributed by atoms with Crippen molar-refractivity contribution in [1.82, 2.24) is 5.32 Å². The van der Waals surface area contributed by atoms with Gasteiger partial charge in [0.15, 0.2) is 0 Å². The second-order valence-corrected chi connectivity index (χ2v) is 5.10. The Labute approximate surface area is 107 Å². The lowest BCUT2D eigenvalue weighted by molar-refractivity contribution is 0.0932. The molecule has 3 nitrogen and oxygen atoms in total. The second-order valence-electron chi connectivity index (χ2n) is 5.10. The molecule has 0 unspecified atom stereocenters. The molecule has 1 saturated carbocycles. The van der Waals surface area contributed by atoms with Crippen LogP contribution in [-0.4, -0.2) is 19.0 Å². The zero-order chi connectivity index (χ0) is 13.0. The van der Waals surface area contributed by atoms with Crippen LogP contribution < -0.4 is 11.1 Å². The first-order valence-corrected chi connectivity index (χ1v) is 6.39. The lowest BCUT2D eigenvalue weighted by Gasteiger charge is -2.27. The molecule has 98 valence electrons. The molecule has 2 rings (SSSR count). The minimum absolute atomic E-state index is 0.0652. The van der Waals surface area contributed by atoms with Gasteiger partial charge in [-0.3, -0.25) is 4.79 Å². The van der Waals surface area contributed by atoms with Crippen LogP contribution >= 0.6 is 0 Å². The van der Waals surface area contributed by atoms with E-state index in [1.165, 1.54) is 37.1 Å². The molecule has 0 bridgehead atoms. The summed E-state index contributed by atoms with van der Waals surface area (Å²) in [6.07, 6.45) is 4.52. The van der Waals surface area contributed by atoms with Crippen molar-refractivity contribution >= 4 is 5.91 Å². The van der Waals surface area contributed by atoms with E-state index in [2.05, 4.69) is 5.32 Å². The highest BCUT2D eigenvalue weighted by atomic mass is 19.1. The van der Waals surface area contributed by atoms with E-state index < -0.39 is 0 Å². The van der Waals surface area contributed by atoms with Gasteiger partial charge in [-0.05, 0) is 49.1 Å². The van der Waals surface area contributed by atoms with Crippen molar-refractivity contribution in [2.75, 3.05) is 13.1 Å². The van der Waals surface area contributed by atoms with Crippen LogP contribution in [0.4, 0.5) is 4.39 Å². The van der Waals surface area contributed by atoms with Crippen LogP contribution in [0.2, 0.25) is 0 Å². The number of benzene rings is 1. The number of hydrogen-bond donors (Lipinski definition) is 2. The fraction of sp³-hybridized carbons (Fsp3) is 0.500. The molecule has 0 heterocycles. The van der Waals surface area contributed by atoms with E-state index in [4.69, 9.17) is 5.73 Å². The first-order valence-electron chi connectivity index (χ1n) is 6.39. The van der Waals surface area contributed by atoms with Crippen LogP contribution in [0.3, 0.4) is 0 Å². The lowest BCUT2D eigenvalue weighted by Crippen LogP contribution is -2.40. The Bertz CT molecular complexity index is 410. The van der Waals surface area contributed by atoms with Crippen molar-refractivity contribution in [2.45, 2.75) is 25.7 Å². The summed E-state index contributed by atoms with van der Waals surface area (Å²) < 4.78 is 12.7. The van der Waals surface area contributed by atoms with Crippen molar-refractivity contribution in [2.24, 2.45) is 11.1 Å². The van der Waals surface area contributed by atoms with Gasteiger partial charge in [-0.2, -0.15) is 0 Å². The second kappa shape index (κ2) is 5.48. The van der Waals surface area contributed by atoms with E-state index in [-0.39, 0.29) is 17.1 Å². The number of rotatable bonds is 4. The van der Waals surface area contributed by atoms with Gasteiger partial charge < -0.3 is 11.1 Å². The zero-order valence-corrected chi connectivity index (χ0v) is 10.4. The molecule has 18 heavy (non-hydrogen) atoms. The quantitative estimate of drug-likeness (QED) is 0.859. The average Bonchev–Trinajstić information content (AvgIpc) is 2.86. The lowest BCUT2D eigenvalue weighted by atomic mass is 9.86. The molecule has 0 atom stereocenters. The van der Waals surface area contributed by atoms with Crippen molar-refractivity contribution in [3.05, 3.63) is 35.6 Å². The fourth-order valence-corrected chi connectivity index (χ4v) is 2.55. The van der Waals surface area contributed by atoms with E-state index >= 15 is 0 Å². The summed E-state index contributed by atoms with van der Waals surface area (Å²) in [6.45, 7) is 1.22. The third-order valence-electron chi connectivity index (χ3n) is 3.83. The molecule has 1 aromatic carbocycles. The highest BCUT2D eigenvalue weighted by molar-refractivity contribution is 5.94. The van der Waals surface area contributed by atoms with Crippen LogP contribution in [0.5, 0.6) is 0 Å². The summed E-state index contributed by atoms with van der Waals surface area (Å²) in [5.41, 5.74) is 6.37. The Morgan fingerprint density at radius 2 is 1.89 bits per heavy atom. The third kappa shape index (κ3) is 2.88. The fourth-order valence-electron chi connectivity index (χ4n) is 2.55. The molecule has 3 N–H and O–H groups in total. The molecule has 1 fully saturated rings. The first-order chi connectivity index (χ1) is 8.65. The van der Waals surface area contributed by atoms with E-state index in [1.54, 1.807) is 0 Å². The number of amides is 1. The normalized spacial score (nSPS) is 17.7. The Kier molecular flexibility index (Phi) is 3.97. The number of carbonyl (C=O) groups is 1. The van der Waals surface area contributed by atoms with Gasteiger partial charge in [0.1, 0.15) is 5.82 Å². The zero-order valence-electron chi connectivity index (χ0n) is 10.4. The predicted octanol–water partition coefficient (Wildman–Crippen LogP) is 2.07. The molecule has 0 aromatic heterocycles. The smallest absolute Gasteiger partial charge is 0.251 e. The van der Waals surface area contributed by atoms with Gasteiger partial charge >= 0.3 is 0 Å². The minimum Gasteiger partial charge on any atom is -0.351 e. The minimum atomic E-state index is -0.333. The molecule has 1 aliphatic rings. The number of halogens is 1. The molecule has 0 saturated heterocycles. The Morgan fingerprint density at radius 1 is 1.28 bits per heavy atom. The van der Waals surface area contributed by atoms with Crippen LogP contribution in [0.25, 0.3) is 0 Å². The van der Waals surface area contributed by atoms with Gasteiger partial charge in [0.05, 0.1) is 0 Å². The molecular weight excluding hydrogens is 231 g/mol. The number of nitrogens with two attached hydrogens (primary N) is 1. The van der Waals surface area contributed by atoms with Crippen molar-refractivity contribution < 1.29 is 9.18 Å². The Balaban J connectivity index is 1.93. The van der Waals surface area contributed by atoms with Crippen molar-refractivity contribution in [1.29, 1.82) is 0 Å². The van der Waals surface area contributed by atoms with E-state index in [0.717, 1.165) is 12.8 Å². The van der Waals surface area contributed by atoms with Crippen LogP contribution in [0.1, 0.15) is 36.0 Å². The van der Waals surface area contributed by atoms with E-state index in [9.17, 15) is 9.18 Å². The Hall–Kier alpha value is -1.42. The molecular formula is C14H19FN2O. The van der Waals surface area contributed by atoms with Crippen LogP contribution in [-0.2, 0) is 0 Å². The van der Waals surface area contributed by atoms with Gasteiger partial charge in [0.25, 0.3) is 5.91 Å². The van der Waals surface area contributed by atoms with E-state index in [0.29, 0.717) is 18.7 Å². The van der Waals surface area contributed by atoms with Gasteiger partial charge in [-0.25, -0.2) is 4.39 Å². The highest BCUT2D eigenvalue weighted by Gasteiger charge is 2.32. The van der Waals surface area contributed by atoms with Gasteiger partial charge in [-0.1, -0.05) is 12.8 Å². The summed E-state index contributed by atoms with van der Waals surface area (Å²) >= 11 is 0. The SMILES string of the molecule is NCC1(CNC(=O)c2ccc(F)cc2)CCCC1. The van der Waals surface area contributed by atoms with Gasteiger partial charge in [-0.15, -0.1) is 0 Å². The van der Waals surface area contributed by atoms with Gasteiger partial charge in [0.2, 0.25) is 0 Å². The molecule has 0 spiro atoms. The van der Waals surface area contributed by atoms with Crippen molar-refractivity contribution in [3.8, 4) is 0 Å². The summed E-state index contributed by atoms with van der Waals surface area (Å²) in [4.78, 5) is 11.9. The average molecular weight is 250 g/mol. The molecule has 1 amide bonds. The summed E-state index contributed by atoms with van der Waals surface area (Å²) in [6, 6.07) is 5.58. The molecule has 0 aliphatic heterocycles. The van der Waals surface area contributed by atoms with Crippen LogP contribution in [0, 0.1) is 11.2 Å². The van der Waals surface area contributed by atoms with Gasteiger partial charge in [0, 0.05) is 12.1 Å². The maximum absolute atomic E-state index is 12.7.